The van der Waals surface area contributed by atoms with E-state index in [2.05, 4.69) is 22.2 Å². The van der Waals surface area contributed by atoms with Gasteiger partial charge in [0.15, 0.2) is 0 Å². The minimum Gasteiger partial charge on any atom is -0.351 e. The maximum absolute atomic E-state index is 11.4. The first kappa shape index (κ1) is 10.8. The highest BCUT2D eigenvalue weighted by molar-refractivity contribution is 5.77. The Morgan fingerprint density at radius 2 is 2.18 bits per heavy atom. The number of hydrogen-bond acceptors (Lipinski definition) is 2. The van der Waals surface area contributed by atoms with E-state index in [1.807, 2.05) is 13.1 Å². The number of rotatable bonds is 4. The van der Waals surface area contributed by atoms with E-state index in [4.69, 9.17) is 0 Å². The monoisotopic (exact) mass is 233 g/mol. The van der Waals surface area contributed by atoms with Crippen molar-refractivity contribution in [1.29, 1.82) is 0 Å². The zero-order chi connectivity index (χ0) is 12.1. The molecule has 3 saturated carbocycles. The van der Waals surface area contributed by atoms with Crippen LogP contribution in [0.3, 0.4) is 0 Å². The van der Waals surface area contributed by atoms with Gasteiger partial charge in [0.05, 0.1) is 0 Å². The maximum Gasteiger partial charge on any atom is 0.220 e. The zero-order valence-electron chi connectivity index (χ0n) is 10.5. The molecule has 0 atom stereocenters. The van der Waals surface area contributed by atoms with Gasteiger partial charge in [-0.15, -0.1) is 0 Å². The van der Waals surface area contributed by atoms with Crippen molar-refractivity contribution in [3.8, 4) is 0 Å². The van der Waals surface area contributed by atoms with E-state index in [9.17, 15) is 4.79 Å². The van der Waals surface area contributed by atoms with Crippen molar-refractivity contribution in [3.63, 3.8) is 0 Å². The summed E-state index contributed by atoms with van der Waals surface area (Å²) in [5.41, 5.74) is 1.55. The molecule has 92 valence electrons. The molecule has 0 spiro atoms. The van der Waals surface area contributed by atoms with E-state index < -0.39 is 0 Å². The van der Waals surface area contributed by atoms with Crippen molar-refractivity contribution in [2.24, 2.45) is 0 Å². The molecule has 0 saturated heterocycles. The molecule has 0 unspecified atom stereocenters. The molecule has 1 heterocycles. The fraction of sp³-hybridized carbons (Fsp3) is 0.692. The lowest BCUT2D eigenvalue weighted by Gasteiger charge is -2.69. The van der Waals surface area contributed by atoms with Crippen LogP contribution in [0.2, 0.25) is 0 Å². The van der Waals surface area contributed by atoms with Crippen LogP contribution in [0.25, 0.3) is 0 Å². The van der Waals surface area contributed by atoms with E-state index in [0.717, 1.165) is 31.5 Å². The number of aryl methyl sites for hydroxylation is 1. The van der Waals surface area contributed by atoms with Crippen molar-refractivity contribution in [3.05, 3.63) is 17.7 Å². The zero-order valence-corrected chi connectivity index (χ0v) is 10.5. The summed E-state index contributed by atoms with van der Waals surface area (Å²) in [5.74, 6) is 1.30. The van der Waals surface area contributed by atoms with Crippen LogP contribution < -0.4 is 5.32 Å². The number of aromatic nitrogens is 2. The molecule has 1 aromatic heterocycles. The summed E-state index contributed by atoms with van der Waals surface area (Å²) >= 11 is 0. The molecular formula is C13H19N3O. The normalized spacial score (nSPS) is 33.8. The SMILES string of the molecule is CCC(=O)NC12CC(c3ncc(CC)[nH]3)(C1)C2. The average molecular weight is 233 g/mol. The third-order valence-corrected chi connectivity index (χ3v) is 4.27. The van der Waals surface area contributed by atoms with Gasteiger partial charge in [0.1, 0.15) is 5.82 Å². The Balaban J connectivity index is 1.66. The first-order chi connectivity index (χ1) is 8.11. The molecule has 1 amide bonds. The highest BCUT2D eigenvalue weighted by Gasteiger charge is 2.70. The van der Waals surface area contributed by atoms with Crippen molar-refractivity contribution < 1.29 is 4.79 Å². The smallest absolute Gasteiger partial charge is 0.220 e. The van der Waals surface area contributed by atoms with Crippen molar-refractivity contribution in [1.82, 2.24) is 15.3 Å². The second-order valence-corrected chi connectivity index (χ2v) is 5.60. The summed E-state index contributed by atoms with van der Waals surface area (Å²) in [7, 11) is 0. The number of hydrogen-bond donors (Lipinski definition) is 2. The average Bonchev–Trinajstić information content (AvgIpc) is 2.69. The van der Waals surface area contributed by atoms with Gasteiger partial charge in [-0.3, -0.25) is 4.79 Å². The Bertz CT molecular complexity index is 443. The standard InChI is InChI=1S/C13H19N3O/c1-3-9-5-14-11(15-9)12-6-13(7-12,8-12)16-10(17)4-2/h5H,3-4,6-8H2,1-2H3,(H,14,15)(H,16,17). The van der Waals surface area contributed by atoms with Gasteiger partial charge in [-0.05, 0) is 25.7 Å². The number of H-pyrrole nitrogens is 1. The number of imidazole rings is 1. The van der Waals surface area contributed by atoms with Crippen molar-refractivity contribution >= 4 is 5.91 Å². The third kappa shape index (κ3) is 1.43. The first-order valence-electron chi connectivity index (χ1n) is 6.47. The summed E-state index contributed by atoms with van der Waals surface area (Å²) in [6, 6.07) is 0. The Kier molecular flexibility index (Phi) is 2.12. The second-order valence-electron chi connectivity index (χ2n) is 5.60. The molecule has 3 aliphatic rings. The van der Waals surface area contributed by atoms with Gasteiger partial charge in [-0.1, -0.05) is 13.8 Å². The molecule has 17 heavy (non-hydrogen) atoms. The van der Waals surface area contributed by atoms with Crippen LogP contribution in [0.1, 0.15) is 51.0 Å². The molecule has 0 radical (unpaired) electrons. The van der Waals surface area contributed by atoms with Crippen LogP contribution in [0.4, 0.5) is 0 Å². The molecular weight excluding hydrogens is 214 g/mol. The lowest BCUT2D eigenvalue weighted by molar-refractivity contribution is -0.138. The second kappa shape index (κ2) is 3.34. The van der Waals surface area contributed by atoms with Crippen molar-refractivity contribution in [2.45, 2.75) is 56.9 Å². The van der Waals surface area contributed by atoms with Crippen LogP contribution in [0.5, 0.6) is 0 Å². The topological polar surface area (TPSA) is 57.8 Å². The summed E-state index contributed by atoms with van der Waals surface area (Å²) in [5, 5.41) is 3.14. The number of carbonyl (C=O) groups is 1. The van der Waals surface area contributed by atoms with E-state index >= 15 is 0 Å². The van der Waals surface area contributed by atoms with Crippen molar-refractivity contribution in [2.75, 3.05) is 0 Å². The van der Waals surface area contributed by atoms with E-state index in [0.29, 0.717) is 6.42 Å². The Hall–Kier alpha value is -1.32. The lowest BCUT2D eigenvalue weighted by Crippen LogP contribution is -2.77. The maximum atomic E-state index is 11.4. The van der Waals surface area contributed by atoms with Gasteiger partial charge in [0, 0.05) is 29.3 Å². The minimum absolute atomic E-state index is 0.103. The molecule has 1 aromatic rings. The van der Waals surface area contributed by atoms with Gasteiger partial charge >= 0.3 is 0 Å². The summed E-state index contributed by atoms with van der Waals surface area (Å²) in [6.07, 6.45) is 6.69. The molecule has 2 N–H and O–H groups in total. The van der Waals surface area contributed by atoms with E-state index in [1.54, 1.807) is 0 Å². The number of aromatic amines is 1. The minimum atomic E-state index is 0.103. The van der Waals surface area contributed by atoms with Gasteiger partial charge < -0.3 is 10.3 Å². The molecule has 3 fully saturated rings. The molecule has 2 bridgehead atoms. The summed E-state index contributed by atoms with van der Waals surface area (Å²) < 4.78 is 0. The number of nitrogens with one attached hydrogen (secondary N) is 2. The van der Waals surface area contributed by atoms with Gasteiger partial charge in [0.2, 0.25) is 5.91 Å². The predicted molar refractivity (Wildman–Crippen MR) is 64.7 cm³/mol. The molecule has 4 nitrogen and oxygen atoms in total. The highest BCUT2D eigenvalue weighted by atomic mass is 16.1. The van der Waals surface area contributed by atoms with Crippen LogP contribution in [0, 0.1) is 0 Å². The number of amides is 1. The van der Waals surface area contributed by atoms with Crippen LogP contribution in [-0.4, -0.2) is 21.4 Å². The lowest BCUT2D eigenvalue weighted by atomic mass is 9.39. The molecule has 0 aromatic carbocycles. The van der Waals surface area contributed by atoms with Crippen LogP contribution in [-0.2, 0) is 16.6 Å². The van der Waals surface area contributed by atoms with Crippen LogP contribution >= 0.6 is 0 Å². The summed E-state index contributed by atoms with van der Waals surface area (Å²) in [4.78, 5) is 19.3. The first-order valence-corrected chi connectivity index (χ1v) is 6.47. The Labute approximate surface area is 101 Å². The quantitative estimate of drug-likeness (QED) is 0.831. The Morgan fingerprint density at radius 3 is 2.71 bits per heavy atom. The summed E-state index contributed by atoms with van der Waals surface area (Å²) in [6.45, 7) is 4.03. The van der Waals surface area contributed by atoms with Gasteiger partial charge in [0.25, 0.3) is 0 Å². The molecule has 4 rings (SSSR count). The van der Waals surface area contributed by atoms with E-state index in [1.165, 1.54) is 5.69 Å². The predicted octanol–water partition coefficient (Wildman–Crippen LogP) is 1.67. The van der Waals surface area contributed by atoms with Gasteiger partial charge in [-0.25, -0.2) is 4.98 Å². The molecule has 4 heteroatoms. The highest BCUT2D eigenvalue weighted by Crippen LogP contribution is 2.67. The van der Waals surface area contributed by atoms with Crippen LogP contribution in [0.15, 0.2) is 6.20 Å². The largest absolute Gasteiger partial charge is 0.351 e. The fourth-order valence-corrected chi connectivity index (χ4v) is 3.36. The van der Waals surface area contributed by atoms with E-state index in [-0.39, 0.29) is 16.9 Å². The molecule has 3 aliphatic carbocycles. The third-order valence-electron chi connectivity index (χ3n) is 4.27. The fourth-order valence-electron chi connectivity index (χ4n) is 3.36. The molecule has 0 aliphatic heterocycles. The number of nitrogens with zero attached hydrogens (tertiary/aromatic N) is 1. The van der Waals surface area contributed by atoms with Gasteiger partial charge in [-0.2, -0.15) is 0 Å². The Morgan fingerprint density at radius 1 is 1.47 bits per heavy atom. The number of carbonyl (C=O) groups excluding carboxylic acids is 1.